The summed E-state index contributed by atoms with van der Waals surface area (Å²) in [6, 6.07) is 2.62. The van der Waals surface area contributed by atoms with Crippen LogP contribution < -0.4 is 16.0 Å². The summed E-state index contributed by atoms with van der Waals surface area (Å²) < 4.78 is 5.72. The summed E-state index contributed by atoms with van der Waals surface area (Å²) in [5.74, 6) is -5.16. The second kappa shape index (κ2) is 10.5. The van der Waals surface area contributed by atoms with Gasteiger partial charge in [-0.3, -0.25) is 19.3 Å². The summed E-state index contributed by atoms with van der Waals surface area (Å²) in [6.45, 7) is 4.43. The molecule has 1 fully saturated rings. The first kappa shape index (κ1) is 30.3. The number of hydrogen-bond donors (Lipinski definition) is 6. The lowest BCUT2D eigenvalue weighted by Crippen LogP contribution is -2.65. The van der Waals surface area contributed by atoms with Crippen LogP contribution in [0.2, 0.25) is 0 Å². The van der Waals surface area contributed by atoms with E-state index in [0.29, 0.717) is 17.7 Å². The molecule has 3 aliphatic carbocycles. The number of aromatic hydroxyl groups is 1. The third kappa shape index (κ3) is 4.52. The zero-order chi connectivity index (χ0) is 31.7. The molecule has 4 atom stereocenters. The van der Waals surface area contributed by atoms with Crippen molar-refractivity contribution in [2.45, 2.75) is 51.4 Å². The molecule has 5 rings (SSSR count). The van der Waals surface area contributed by atoms with E-state index in [2.05, 4.69) is 5.32 Å². The fraction of sp³-hybridized carbons (Fsp3) is 0.452. The van der Waals surface area contributed by atoms with E-state index in [1.165, 1.54) is 4.90 Å². The van der Waals surface area contributed by atoms with Crippen molar-refractivity contribution in [3.8, 4) is 5.75 Å². The second-order valence-electron chi connectivity index (χ2n) is 12.2. The maximum absolute atomic E-state index is 14.1. The molecule has 12 heteroatoms. The standard InChI is InChI=1S/C31H38N4O8/c1-13-7-17(43-14(13)2)12-33-11-16-10-20(34(3)4)18-8-15-9-19-24(35(5)6)27(38)23(30(32)41)29(40)31(19,42)28(39)21(15)26(37)22(18)25(16)36/h7,10,15,19,24,33,36-37,40,42H,8-9,11-12H2,1-6H3,(H2,32,41)/t15?,19?,24-,31-/m0/s1. The Morgan fingerprint density at radius 2 is 1.79 bits per heavy atom. The second-order valence-corrected chi connectivity index (χ2v) is 12.2. The largest absolute Gasteiger partial charge is 0.508 e. The molecule has 43 heavy (non-hydrogen) atoms. The number of aliphatic hydroxyl groups is 3. The van der Waals surface area contributed by atoms with Gasteiger partial charge in [0.1, 0.15) is 34.4 Å². The molecule has 0 spiro atoms. The maximum atomic E-state index is 14.1. The molecule has 230 valence electrons. The first-order valence-electron chi connectivity index (χ1n) is 14.1. The van der Waals surface area contributed by atoms with Gasteiger partial charge in [-0.2, -0.15) is 0 Å². The van der Waals surface area contributed by atoms with Gasteiger partial charge in [0.2, 0.25) is 5.78 Å². The first-order chi connectivity index (χ1) is 20.1. The number of anilines is 1. The highest BCUT2D eigenvalue weighted by Crippen LogP contribution is 2.54. The van der Waals surface area contributed by atoms with Crippen molar-refractivity contribution in [1.82, 2.24) is 10.2 Å². The number of carbonyl (C=O) groups is 3. The van der Waals surface area contributed by atoms with Crippen molar-refractivity contribution in [2.24, 2.45) is 17.6 Å². The number of primary amides is 1. The highest BCUT2D eigenvalue weighted by Gasteiger charge is 2.64. The molecule has 0 saturated heterocycles. The summed E-state index contributed by atoms with van der Waals surface area (Å²) in [4.78, 5) is 42.9. The Kier molecular flexibility index (Phi) is 7.44. The number of aryl methyl sites for hydroxylation is 2. The topological polar surface area (TPSA) is 190 Å². The molecule has 7 N–H and O–H groups in total. The molecule has 1 heterocycles. The Hall–Kier alpha value is -4.13. The number of carbonyl (C=O) groups excluding carboxylic acids is 3. The molecule has 1 saturated carbocycles. The molecule has 2 unspecified atom stereocenters. The van der Waals surface area contributed by atoms with Crippen LogP contribution >= 0.6 is 0 Å². The Morgan fingerprint density at radius 1 is 1.12 bits per heavy atom. The number of furan rings is 1. The van der Waals surface area contributed by atoms with E-state index in [4.69, 9.17) is 10.2 Å². The molecule has 0 radical (unpaired) electrons. The van der Waals surface area contributed by atoms with Crippen LogP contribution in [-0.2, 0) is 33.9 Å². The molecule has 2 aromatic rings. The fourth-order valence-electron chi connectivity index (χ4n) is 6.94. The number of aliphatic hydroxyl groups excluding tert-OH is 2. The van der Waals surface area contributed by atoms with Crippen molar-refractivity contribution in [1.29, 1.82) is 0 Å². The number of nitrogens with one attached hydrogen (secondary N) is 1. The van der Waals surface area contributed by atoms with Crippen LogP contribution in [0.4, 0.5) is 5.69 Å². The van der Waals surface area contributed by atoms with Crippen LogP contribution in [0.25, 0.3) is 5.76 Å². The third-order valence-corrected chi connectivity index (χ3v) is 9.09. The van der Waals surface area contributed by atoms with E-state index in [0.717, 1.165) is 22.8 Å². The number of hydrogen-bond acceptors (Lipinski definition) is 11. The highest BCUT2D eigenvalue weighted by molar-refractivity contribution is 6.24. The Balaban J connectivity index is 1.61. The van der Waals surface area contributed by atoms with E-state index in [1.54, 1.807) is 14.1 Å². The molecule has 1 aromatic heterocycles. The minimum atomic E-state index is -2.68. The molecule has 1 aromatic carbocycles. The third-order valence-electron chi connectivity index (χ3n) is 9.09. The SMILES string of the molecule is Cc1cc(CNCc2cc(N(C)C)c3c(c2O)C(O)=C2C(=O)[C@]4(O)C(O)=C(C(N)=O)C(=O)[C@@H](N(C)C)C4CC2C3)oc1C. The maximum Gasteiger partial charge on any atom is 0.255 e. The molecule has 0 aliphatic heterocycles. The van der Waals surface area contributed by atoms with Crippen molar-refractivity contribution in [2.75, 3.05) is 33.1 Å². The Labute approximate surface area is 249 Å². The number of nitrogens with zero attached hydrogens (tertiary/aromatic N) is 2. The van der Waals surface area contributed by atoms with Crippen molar-refractivity contribution < 1.29 is 39.2 Å². The molecular weight excluding hydrogens is 556 g/mol. The van der Waals surface area contributed by atoms with Gasteiger partial charge in [0, 0.05) is 43.4 Å². The lowest BCUT2D eigenvalue weighted by molar-refractivity contribution is -0.153. The fourth-order valence-corrected chi connectivity index (χ4v) is 6.94. The number of rotatable bonds is 7. The van der Waals surface area contributed by atoms with E-state index < -0.39 is 58.0 Å². The first-order valence-corrected chi connectivity index (χ1v) is 14.1. The van der Waals surface area contributed by atoms with Gasteiger partial charge >= 0.3 is 0 Å². The number of ketones is 2. The number of likely N-dealkylation sites (N-methyl/N-ethyl adjacent to an activating group) is 1. The highest BCUT2D eigenvalue weighted by atomic mass is 16.4. The number of phenolic OH excluding ortho intramolecular Hbond substituents is 1. The number of amides is 1. The molecule has 1 amide bonds. The van der Waals surface area contributed by atoms with Gasteiger partial charge in [-0.15, -0.1) is 0 Å². The van der Waals surface area contributed by atoms with Gasteiger partial charge in [-0.25, -0.2) is 0 Å². The van der Waals surface area contributed by atoms with Crippen molar-refractivity contribution in [3.63, 3.8) is 0 Å². The Morgan fingerprint density at radius 3 is 2.35 bits per heavy atom. The van der Waals surface area contributed by atoms with Crippen LogP contribution in [0.1, 0.15) is 40.2 Å². The van der Waals surface area contributed by atoms with Gasteiger partial charge < -0.3 is 40.8 Å². The minimum absolute atomic E-state index is 0.0324. The van der Waals surface area contributed by atoms with E-state index in [9.17, 15) is 34.8 Å². The van der Waals surface area contributed by atoms with Crippen molar-refractivity contribution in [3.05, 3.63) is 62.8 Å². The summed E-state index contributed by atoms with van der Waals surface area (Å²) >= 11 is 0. The minimum Gasteiger partial charge on any atom is -0.508 e. The summed E-state index contributed by atoms with van der Waals surface area (Å²) in [5, 5.41) is 49.1. The molecule has 12 nitrogen and oxygen atoms in total. The average Bonchev–Trinajstić information content (AvgIpc) is 3.23. The van der Waals surface area contributed by atoms with Gasteiger partial charge in [0.05, 0.1) is 18.2 Å². The summed E-state index contributed by atoms with van der Waals surface area (Å²) in [7, 11) is 6.80. The van der Waals surface area contributed by atoms with Gasteiger partial charge in [0.15, 0.2) is 11.4 Å². The van der Waals surface area contributed by atoms with Crippen molar-refractivity contribution >= 4 is 28.9 Å². The molecule has 0 bridgehead atoms. The zero-order valence-electron chi connectivity index (χ0n) is 25.1. The molecule has 3 aliphatic rings. The van der Waals surface area contributed by atoms with Gasteiger partial charge in [-0.1, -0.05) is 0 Å². The molecular formula is C31H38N4O8. The average molecular weight is 595 g/mol. The van der Waals surface area contributed by atoms with Crippen LogP contribution in [0.5, 0.6) is 5.75 Å². The number of nitrogens with two attached hydrogens (primary N) is 1. The predicted octanol–water partition coefficient (Wildman–Crippen LogP) is 1.53. The van der Waals surface area contributed by atoms with Crippen LogP contribution in [0.3, 0.4) is 0 Å². The number of fused-ring (bicyclic) bond motifs is 3. The van der Waals surface area contributed by atoms with Crippen LogP contribution in [0, 0.1) is 25.7 Å². The lowest BCUT2D eigenvalue weighted by atomic mass is 9.57. The number of Topliss-reactive ketones (excluding diaryl/α,β-unsaturated/α-hetero) is 2. The lowest BCUT2D eigenvalue weighted by Gasteiger charge is -2.50. The Bertz CT molecular complexity index is 1600. The van der Waals surface area contributed by atoms with Crippen LogP contribution in [-0.4, -0.2) is 82.6 Å². The smallest absolute Gasteiger partial charge is 0.255 e. The van der Waals surface area contributed by atoms with E-state index in [1.807, 2.05) is 45.0 Å². The number of benzene rings is 1. The monoisotopic (exact) mass is 594 g/mol. The summed E-state index contributed by atoms with van der Waals surface area (Å²) in [5.41, 5.74) is 4.57. The van der Waals surface area contributed by atoms with E-state index in [-0.39, 0.29) is 36.3 Å². The predicted molar refractivity (Wildman–Crippen MR) is 157 cm³/mol. The van der Waals surface area contributed by atoms with Gasteiger partial charge in [0.25, 0.3) is 5.91 Å². The van der Waals surface area contributed by atoms with E-state index >= 15 is 0 Å². The normalized spacial score (nSPS) is 25.2. The quantitative estimate of drug-likeness (QED) is 0.255. The number of phenols is 1. The summed E-state index contributed by atoms with van der Waals surface area (Å²) in [6.07, 6.45) is 0.249. The van der Waals surface area contributed by atoms with Gasteiger partial charge in [-0.05, 0) is 70.0 Å². The zero-order valence-corrected chi connectivity index (χ0v) is 25.1. The van der Waals surface area contributed by atoms with Crippen LogP contribution in [0.15, 0.2) is 33.5 Å².